The summed E-state index contributed by atoms with van der Waals surface area (Å²) < 4.78 is 26.8. The van der Waals surface area contributed by atoms with Gasteiger partial charge in [0.1, 0.15) is 0 Å². The Bertz CT molecular complexity index is 387. The molecule has 1 aliphatic rings. The third-order valence-corrected chi connectivity index (χ3v) is 3.53. The molecule has 100 valence electrons. The number of hydrogen-bond donors (Lipinski definition) is 1. The van der Waals surface area contributed by atoms with Gasteiger partial charge in [-0.05, 0) is 32.0 Å². The molecule has 1 atom stereocenters. The van der Waals surface area contributed by atoms with Crippen LogP contribution >= 0.6 is 0 Å². The lowest BCUT2D eigenvalue weighted by molar-refractivity contribution is 0.265. The molecule has 1 aromatic rings. The van der Waals surface area contributed by atoms with Crippen LogP contribution in [0.5, 0.6) is 0 Å². The van der Waals surface area contributed by atoms with E-state index >= 15 is 0 Å². The summed E-state index contributed by atoms with van der Waals surface area (Å²) in [4.78, 5) is 2.25. The molecule has 1 aromatic carbocycles. The highest BCUT2D eigenvalue weighted by molar-refractivity contribution is 5.22. The van der Waals surface area contributed by atoms with Crippen LogP contribution in [0, 0.1) is 11.6 Å². The Balaban J connectivity index is 2.02. The number of likely N-dealkylation sites (tertiary alicyclic amines) is 1. The maximum Gasteiger partial charge on any atom is 0.163 e. The van der Waals surface area contributed by atoms with Gasteiger partial charge in [-0.1, -0.05) is 25.0 Å². The van der Waals surface area contributed by atoms with Gasteiger partial charge in [-0.2, -0.15) is 0 Å². The summed E-state index contributed by atoms with van der Waals surface area (Å²) in [6.07, 6.45) is 4.83. The van der Waals surface area contributed by atoms with E-state index in [1.54, 1.807) is 6.07 Å². The second-order valence-corrected chi connectivity index (χ2v) is 4.96. The summed E-state index contributed by atoms with van der Waals surface area (Å²) in [5, 5.41) is 0. The molecule has 0 bridgehead atoms. The maximum atomic E-state index is 13.6. The highest BCUT2D eigenvalue weighted by Gasteiger charge is 2.18. The van der Waals surface area contributed by atoms with Gasteiger partial charge in [-0.15, -0.1) is 0 Å². The number of nitrogens with two attached hydrogens (primary N) is 1. The van der Waals surface area contributed by atoms with E-state index in [-0.39, 0.29) is 5.56 Å². The van der Waals surface area contributed by atoms with Crippen molar-refractivity contribution < 1.29 is 8.78 Å². The molecule has 0 radical (unpaired) electrons. The van der Waals surface area contributed by atoms with Crippen molar-refractivity contribution in [3.05, 3.63) is 35.4 Å². The van der Waals surface area contributed by atoms with E-state index in [2.05, 4.69) is 4.90 Å². The minimum absolute atomic E-state index is 0.277. The summed E-state index contributed by atoms with van der Waals surface area (Å²) in [5.41, 5.74) is 6.28. The number of nitrogens with zero attached hydrogens (tertiary/aromatic N) is 1. The van der Waals surface area contributed by atoms with Crippen molar-refractivity contribution in [2.45, 2.75) is 31.7 Å². The first kappa shape index (κ1) is 13.4. The van der Waals surface area contributed by atoms with Crippen molar-refractivity contribution >= 4 is 0 Å². The molecule has 2 N–H and O–H groups in total. The molecule has 1 aliphatic heterocycles. The molecule has 1 saturated heterocycles. The van der Waals surface area contributed by atoms with Crippen molar-refractivity contribution in [1.29, 1.82) is 0 Å². The van der Waals surface area contributed by atoms with Crippen LogP contribution in [0.3, 0.4) is 0 Å². The lowest BCUT2D eigenvalue weighted by atomic mass is 10.1. The number of rotatable bonds is 3. The largest absolute Gasteiger partial charge is 0.323 e. The molecule has 1 heterocycles. The van der Waals surface area contributed by atoms with Crippen LogP contribution in [-0.2, 0) is 0 Å². The van der Waals surface area contributed by atoms with E-state index in [0.29, 0.717) is 6.54 Å². The Morgan fingerprint density at radius 3 is 2.44 bits per heavy atom. The molecule has 0 aromatic heterocycles. The molecule has 0 amide bonds. The first-order valence-corrected chi connectivity index (χ1v) is 6.60. The minimum atomic E-state index is -0.821. The second-order valence-electron chi connectivity index (χ2n) is 4.96. The van der Waals surface area contributed by atoms with E-state index in [9.17, 15) is 8.78 Å². The van der Waals surface area contributed by atoms with Gasteiger partial charge in [0.2, 0.25) is 0 Å². The van der Waals surface area contributed by atoms with Crippen LogP contribution in [0.15, 0.2) is 18.2 Å². The molecule has 4 heteroatoms. The Labute approximate surface area is 107 Å². The van der Waals surface area contributed by atoms with Gasteiger partial charge >= 0.3 is 0 Å². The van der Waals surface area contributed by atoms with Crippen molar-refractivity contribution in [3.63, 3.8) is 0 Å². The van der Waals surface area contributed by atoms with Crippen LogP contribution in [0.2, 0.25) is 0 Å². The third-order valence-electron chi connectivity index (χ3n) is 3.53. The predicted octanol–water partition coefficient (Wildman–Crippen LogP) is 2.84. The third kappa shape index (κ3) is 3.27. The SMILES string of the molecule is NC(CN1CCCCCC1)c1cccc(F)c1F. The lowest BCUT2D eigenvalue weighted by Gasteiger charge is -2.24. The Morgan fingerprint density at radius 1 is 1.11 bits per heavy atom. The highest BCUT2D eigenvalue weighted by atomic mass is 19.2. The summed E-state index contributed by atoms with van der Waals surface area (Å²) >= 11 is 0. The van der Waals surface area contributed by atoms with E-state index in [0.717, 1.165) is 19.2 Å². The molecular formula is C14H20F2N2. The van der Waals surface area contributed by atoms with Gasteiger partial charge < -0.3 is 10.6 Å². The van der Waals surface area contributed by atoms with Gasteiger partial charge in [0.25, 0.3) is 0 Å². The Hall–Kier alpha value is -1.00. The average Bonchev–Trinajstić information content (AvgIpc) is 2.61. The van der Waals surface area contributed by atoms with Crippen LogP contribution in [0.1, 0.15) is 37.3 Å². The first-order chi connectivity index (χ1) is 8.68. The molecule has 0 saturated carbocycles. The minimum Gasteiger partial charge on any atom is -0.323 e. The van der Waals surface area contributed by atoms with Crippen molar-refractivity contribution in [2.24, 2.45) is 5.73 Å². The fourth-order valence-electron chi connectivity index (χ4n) is 2.50. The fraction of sp³-hybridized carbons (Fsp3) is 0.571. The zero-order chi connectivity index (χ0) is 13.0. The van der Waals surface area contributed by atoms with Crippen LogP contribution in [0.4, 0.5) is 8.78 Å². The molecule has 0 spiro atoms. The Kier molecular flexibility index (Phi) is 4.66. The molecule has 1 unspecified atom stereocenters. The molecular weight excluding hydrogens is 234 g/mol. The van der Waals surface area contributed by atoms with E-state index in [4.69, 9.17) is 5.73 Å². The standard InChI is InChI=1S/C14H20F2N2/c15-12-7-5-6-11(14(12)16)13(17)10-18-8-3-1-2-4-9-18/h5-7,13H,1-4,8-10,17H2. The quantitative estimate of drug-likeness (QED) is 0.898. The molecule has 2 rings (SSSR count). The van der Waals surface area contributed by atoms with Gasteiger partial charge in [-0.3, -0.25) is 0 Å². The zero-order valence-corrected chi connectivity index (χ0v) is 10.5. The van der Waals surface area contributed by atoms with Crippen LogP contribution in [-0.4, -0.2) is 24.5 Å². The topological polar surface area (TPSA) is 29.3 Å². The molecule has 2 nitrogen and oxygen atoms in total. The smallest absolute Gasteiger partial charge is 0.163 e. The number of benzene rings is 1. The fourth-order valence-corrected chi connectivity index (χ4v) is 2.50. The van der Waals surface area contributed by atoms with Crippen molar-refractivity contribution in [2.75, 3.05) is 19.6 Å². The summed E-state index contributed by atoms with van der Waals surface area (Å²) in [6.45, 7) is 2.61. The summed E-state index contributed by atoms with van der Waals surface area (Å²) in [5.74, 6) is -1.63. The maximum absolute atomic E-state index is 13.6. The van der Waals surface area contributed by atoms with E-state index in [1.807, 2.05) is 0 Å². The zero-order valence-electron chi connectivity index (χ0n) is 10.5. The van der Waals surface area contributed by atoms with Crippen LogP contribution < -0.4 is 5.73 Å². The monoisotopic (exact) mass is 254 g/mol. The molecule has 18 heavy (non-hydrogen) atoms. The van der Waals surface area contributed by atoms with E-state index < -0.39 is 17.7 Å². The van der Waals surface area contributed by atoms with Gasteiger partial charge in [0.15, 0.2) is 11.6 Å². The van der Waals surface area contributed by atoms with Gasteiger partial charge in [0, 0.05) is 18.2 Å². The number of hydrogen-bond acceptors (Lipinski definition) is 2. The van der Waals surface area contributed by atoms with Crippen molar-refractivity contribution in [3.8, 4) is 0 Å². The molecule has 1 fully saturated rings. The van der Waals surface area contributed by atoms with Crippen molar-refractivity contribution in [1.82, 2.24) is 4.90 Å². The summed E-state index contributed by atoms with van der Waals surface area (Å²) in [7, 11) is 0. The molecule has 0 aliphatic carbocycles. The summed E-state index contributed by atoms with van der Waals surface area (Å²) in [6, 6.07) is 3.74. The highest BCUT2D eigenvalue weighted by Crippen LogP contribution is 2.20. The predicted molar refractivity (Wildman–Crippen MR) is 68.2 cm³/mol. The normalized spacial score (nSPS) is 19.5. The van der Waals surface area contributed by atoms with Gasteiger partial charge in [0.05, 0.1) is 0 Å². The van der Waals surface area contributed by atoms with E-state index in [1.165, 1.54) is 31.7 Å². The van der Waals surface area contributed by atoms with Gasteiger partial charge in [-0.25, -0.2) is 8.78 Å². The second kappa shape index (κ2) is 6.25. The lowest BCUT2D eigenvalue weighted by Crippen LogP contribution is -2.33. The Morgan fingerprint density at radius 2 is 1.78 bits per heavy atom. The number of halogens is 2. The van der Waals surface area contributed by atoms with Crippen LogP contribution in [0.25, 0.3) is 0 Å². The average molecular weight is 254 g/mol. The first-order valence-electron chi connectivity index (χ1n) is 6.60.